The molecule has 8 aromatic carbocycles. The highest BCUT2D eigenvalue weighted by Crippen LogP contribution is 2.38. The summed E-state index contributed by atoms with van der Waals surface area (Å²) in [6.07, 6.45) is 1.95. The zero-order chi connectivity index (χ0) is 69.2. The normalized spacial score (nSPS) is 15.2. The molecule has 0 spiro atoms. The molecule has 0 fully saturated rings. The summed E-state index contributed by atoms with van der Waals surface area (Å²) < 4.78 is 0. The van der Waals surface area contributed by atoms with Gasteiger partial charge in [-0.15, -0.1) is 0 Å². The van der Waals surface area contributed by atoms with Crippen molar-refractivity contribution in [2.24, 2.45) is 0 Å². The topological polar surface area (TPSA) is 220 Å². The fourth-order valence-electron chi connectivity index (χ4n) is 15.2. The standard InChI is InChI=1S/C32H35N7.C31H33N7.C19H21N5/c1-19-5-8-23-24-14-22(38(4)16-30(24)33-27(23)11-19)15-39(17-31-34-25-9-6-20(2)12-28(25)36-31)18-32-35-26-10-7-21(3)13-29(26)37-32;1-19-8-10-21-22-16-29(31-35-25-11-9-20(2)15-27(25)36-31)38(17-28(22)32-26(21)14-19)13-12-37(3)18-30-33-23-6-4-5-7-24(23)34-30;1-12-4-6-14-16(8-12)22-18(20-14)10-24(3)11-19-21-15-7-5-13(2)9-17(15)23-19/h5-13,22,33H,14-18H2,1-4H3,(H,34,36)(H,35,37);4-11,14-15,29,32H,12-13,16-18H2,1-3H3,(H,33,34)(H,35,36);4-9H,10-11H2,1-3H3,(H,20,22)(H,21,23)/t22-;29-;/m11./s1. The van der Waals surface area contributed by atoms with Crippen LogP contribution in [0.15, 0.2) is 152 Å². The fraction of sp³-hybridized carbons (Fsp3) is 0.293. The maximum atomic E-state index is 5.06. The molecule has 0 bridgehead atoms. The molecule has 19 nitrogen and oxygen atoms in total. The van der Waals surface area contributed by atoms with E-state index in [9.17, 15) is 0 Å². The lowest BCUT2D eigenvalue weighted by atomic mass is 9.95. The Bertz CT molecular complexity index is 5490. The van der Waals surface area contributed by atoms with Gasteiger partial charge in [0.2, 0.25) is 0 Å². The molecular weight excluding hydrogens is 1250 g/mol. The molecule has 10 heterocycles. The molecule has 512 valence electrons. The van der Waals surface area contributed by atoms with Crippen LogP contribution in [0.1, 0.15) is 102 Å². The van der Waals surface area contributed by atoms with Crippen LogP contribution >= 0.6 is 0 Å². The van der Waals surface area contributed by atoms with Crippen LogP contribution in [0.2, 0.25) is 0 Å². The third kappa shape index (κ3) is 14.1. The molecule has 8 aromatic heterocycles. The van der Waals surface area contributed by atoms with Crippen LogP contribution in [0.4, 0.5) is 0 Å². The first-order valence-electron chi connectivity index (χ1n) is 35.4. The molecule has 2 aliphatic rings. The summed E-state index contributed by atoms with van der Waals surface area (Å²) in [5.74, 6) is 5.99. The second-order valence-electron chi connectivity index (χ2n) is 29.0. The van der Waals surface area contributed by atoms with Gasteiger partial charge in [-0.3, -0.25) is 24.5 Å². The van der Waals surface area contributed by atoms with Gasteiger partial charge in [-0.1, -0.05) is 66.7 Å². The molecular formula is C82H89N19. The van der Waals surface area contributed by atoms with E-state index in [1.165, 1.54) is 83.3 Å². The van der Waals surface area contributed by atoms with Gasteiger partial charge in [-0.2, -0.15) is 0 Å². The van der Waals surface area contributed by atoms with Gasteiger partial charge in [0.25, 0.3) is 0 Å². The Morgan fingerprint density at radius 1 is 0.376 bits per heavy atom. The number of hydrogen-bond acceptors (Lipinski definition) is 11. The van der Waals surface area contributed by atoms with Crippen LogP contribution in [0.25, 0.3) is 88.0 Å². The molecule has 8 N–H and O–H groups in total. The number of benzene rings is 8. The van der Waals surface area contributed by atoms with E-state index in [1.807, 2.05) is 12.1 Å². The number of nitrogens with one attached hydrogen (secondary N) is 8. The van der Waals surface area contributed by atoms with E-state index in [0.717, 1.165) is 179 Å². The number of nitrogens with zero attached hydrogens (tertiary/aromatic N) is 11. The highest BCUT2D eigenvalue weighted by Gasteiger charge is 2.33. The number of aromatic nitrogens is 14. The average molecular weight is 1340 g/mol. The van der Waals surface area contributed by atoms with E-state index < -0.39 is 0 Å². The lowest BCUT2D eigenvalue weighted by molar-refractivity contribution is 0.133. The number of para-hydroxylation sites is 2. The molecule has 101 heavy (non-hydrogen) atoms. The van der Waals surface area contributed by atoms with E-state index in [-0.39, 0.29) is 6.04 Å². The summed E-state index contributed by atoms with van der Waals surface area (Å²) in [7, 11) is 6.50. The molecule has 18 rings (SSSR count). The van der Waals surface area contributed by atoms with Crippen LogP contribution in [0, 0.1) is 48.5 Å². The number of hydrogen-bond donors (Lipinski definition) is 8. The molecule has 0 unspecified atom stereocenters. The van der Waals surface area contributed by atoms with Crippen molar-refractivity contribution in [1.82, 2.24) is 94.3 Å². The maximum Gasteiger partial charge on any atom is 0.125 e. The highest BCUT2D eigenvalue weighted by atomic mass is 15.3. The quantitative estimate of drug-likeness (QED) is 0.0455. The number of H-pyrrole nitrogens is 8. The number of aryl methyl sites for hydroxylation is 7. The van der Waals surface area contributed by atoms with Crippen LogP contribution < -0.4 is 0 Å². The van der Waals surface area contributed by atoms with Gasteiger partial charge < -0.3 is 39.9 Å². The molecule has 0 aliphatic carbocycles. The van der Waals surface area contributed by atoms with Crippen molar-refractivity contribution >= 4 is 88.0 Å². The number of likely N-dealkylation sites (N-methyl/N-ethyl adjacent to an activating group) is 2. The second-order valence-corrected chi connectivity index (χ2v) is 29.0. The Morgan fingerprint density at radius 2 is 0.752 bits per heavy atom. The Labute approximate surface area is 587 Å². The van der Waals surface area contributed by atoms with Gasteiger partial charge in [-0.25, -0.2) is 29.9 Å². The summed E-state index contributed by atoms with van der Waals surface area (Å²) in [6.45, 7) is 23.2. The van der Waals surface area contributed by atoms with Gasteiger partial charge in [0.15, 0.2) is 0 Å². The number of rotatable bonds is 16. The molecule has 0 saturated carbocycles. The molecule has 0 saturated heterocycles. The van der Waals surface area contributed by atoms with Crippen molar-refractivity contribution in [2.75, 3.05) is 40.8 Å². The third-order valence-corrected chi connectivity index (χ3v) is 20.4. The molecule has 2 aliphatic heterocycles. The zero-order valence-corrected chi connectivity index (χ0v) is 59.5. The van der Waals surface area contributed by atoms with Gasteiger partial charge in [0.1, 0.15) is 34.9 Å². The molecule has 19 heteroatoms. The fourth-order valence-corrected chi connectivity index (χ4v) is 15.2. The van der Waals surface area contributed by atoms with Crippen LogP contribution in [-0.2, 0) is 58.7 Å². The lowest BCUT2D eigenvalue weighted by Gasteiger charge is -2.36. The van der Waals surface area contributed by atoms with Crippen LogP contribution in [0.5, 0.6) is 0 Å². The van der Waals surface area contributed by atoms with Gasteiger partial charge >= 0.3 is 0 Å². The summed E-state index contributed by atoms with van der Waals surface area (Å²) in [4.78, 5) is 69.6. The van der Waals surface area contributed by atoms with E-state index in [1.54, 1.807) is 0 Å². The van der Waals surface area contributed by atoms with Gasteiger partial charge in [0, 0.05) is 72.0 Å². The van der Waals surface area contributed by atoms with Crippen LogP contribution in [-0.4, -0.2) is 141 Å². The summed E-state index contributed by atoms with van der Waals surface area (Å²) >= 11 is 0. The van der Waals surface area contributed by atoms with Crippen molar-refractivity contribution in [1.29, 1.82) is 0 Å². The van der Waals surface area contributed by atoms with E-state index in [0.29, 0.717) is 6.04 Å². The SMILES string of the molecule is Cc1ccc2nc(CN(C)Cc3nc4ccc(C)cc4[nH]3)[nH]c2c1.Cc1ccc2nc(CN(Cc3nc4ccc(C)cc4[nH]3)C[C@H]3Cc4c([nH]c5cc(C)ccc45)CN3C)[nH]c2c1.Cc1ccc2nc([C@H]3Cc4c([nH]c5cc(C)ccc45)CN3CCN(C)Cc3nc4ccccc4[nH]3)[nH]c2c1. The first kappa shape index (κ1) is 65.1. The predicted molar refractivity (Wildman–Crippen MR) is 408 cm³/mol. The molecule has 2 atom stereocenters. The first-order chi connectivity index (χ1) is 48.9. The van der Waals surface area contributed by atoms with E-state index in [2.05, 4.69) is 283 Å². The zero-order valence-electron chi connectivity index (χ0n) is 59.5. The summed E-state index contributed by atoms with van der Waals surface area (Å²) in [6, 6.07) is 54.1. The van der Waals surface area contributed by atoms with Crippen molar-refractivity contribution in [2.45, 2.75) is 119 Å². The van der Waals surface area contributed by atoms with E-state index >= 15 is 0 Å². The van der Waals surface area contributed by atoms with Crippen LogP contribution in [0.3, 0.4) is 0 Å². The lowest BCUT2D eigenvalue weighted by Crippen LogP contribution is -2.45. The predicted octanol–water partition coefficient (Wildman–Crippen LogP) is 15.4. The van der Waals surface area contributed by atoms with Crippen molar-refractivity contribution < 1.29 is 0 Å². The smallest absolute Gasteiger partial charge is 0.125 e. The second kappa shape index (κ2) is 27.2. The van der Waals surface area contributed by atoms with E-state index in [4.69, 9.17) is 19.9 Å². The molecule has 0 amide bonds. The number of fused-ring (bicyclic) bond motifs is 12. The Kier molecular flexibility index (Phi) is 17.5. The van der Waals surface area contributed by atoms with Gasteiger partial charge in [0.05, 0.1) is 105 Å². The van der Waals surface area contributed by atoms with Crippen molar-refractivity contribution in [3.63, 3.8) is 0 Å². The molecule has 16 aromatic rings. The van der Waals surface area contributed by atoms with Crippen molar-refractivity contribution in [3.8, 4) is 0 Å². The first-order valence-corrected chi connectivity index (χ1v) is 35.4. The number of imidazole rings is 6. The minimum absolute atomic E-state index is 0.190. The Balaban J connectivity index is 0.000000121. The summed E-state index contributed by atoms with van der Waals surface area (Å²) in [5, 5.41) is 2.70. The minimum Gasteiger partial charge on any atom is -0.357 e. The molecule has 0 radical (unpaired) electrons. The maximum absolute atomic E-state index is 5.06. The number of aromatic amines is 8. The Morgan fingerprint density at radius 3 is 1.23 bits per heavy atom. The highest BCUT2D eigenvalue weighted by molar-refractivity contribution is 5.87. The average Bonchev–Trinajstić information content (AvgIpc) is 1.62. The third-order valence-electron chi connectivity index (χ3n) is 20.4. The minimum atomic E-state index is 0.190. The Hall–Kier alpha value is -10.5. The largest absolute Gasteiger partial charge is 0.357 e. The van der Waals surface area contributed by atoms with Crippen molar-refractivity contribution in [3.05, 3.63) is 248 Å². The van der Waals surface area contributed by atoms with Gasteiger partial charge in [-0.05, 0) is 217 Å². The monoisotopic (exact) mass is 1340 g/mol. The summed E-state index contributed by atoms with van der Waals surface area (Å²) in [5.41, 5.74) is 29.5.